The standard InChI is InChI=1S/C11H8ClNOS2/c12-9-5-4-8(15-9)11-13-6-2-1-3-7(14)10(6)16-11/h4-5H,1-3H2. The first-order valence-corrected chi connectivity index (χ1v) is 7.04. The molecular formula is C11H8ClNOS2. The van der Waals surface area contributed by atoms with Crippen molar-refractivity contribution in [2.75, 3.05) is 0 Å². The van der Waals surface area contributed by atoms with Gasteiger partial charge in [-0.3, -0.25) is 4.79 Å². The predicted octanol–water partition coefficient (Wildman–Crippen LogP) is 4.04. The normalized spacial score (nSPS) is 15.2. The third-order valence-corrected chi connectivity index (χ3v) is 5.09. The van der Waals surface area contributed by atoms with Crippen molar-refractivity contribution in [1.82, 2.24) is 4.98 Å². The molecule has 1 aliphatic carbocycles. The van der Waals surface area contributed by atoms with Crippen LogP contribution in [0.1, 0.15) is 28.2 Å². The molecule has 0 aromatic carbocycles. The number of aromatic nitrogens is 1. The van der Waals surface area contributed by atoms with Gasteiger partial charge in [-0.15, -0.1) is 22.7 Å². The zero-order valence-electron chi connectivity index (χ0n) is 8.33. The van der Waals surface area contributed by atoms with Crippen LogP contribution >= 0.6 is 34.3 Å². The van der Waals surface area contributed by atoms with E-state index in [1.807, 2.05) is 12.1 Å². The predicted molar refractivity (Wildman–Crippen MR) is 67.7 cm³/mol. The maximum atomic E-state index is 11.7. The van der Waals surface area contributed by atoms with Crippen molar-refractivity contribution in [2.45, 2.75) is 19.3 Å². The Hall–Kier alpha value is -0.710. The number of thiazole rings is 1. The van der Waals surface area contributed by atoms with E-state index in [4.69, 9.17) is 11.6 Å². The zero-order chi connectivity index (χ0) is 11.1. The Labute approximate surface area is 106 Å². The fourth-order valence-corrected chi connectivity index (χ4v) is 3.98. The van der Waals surface area contributed by atoms with Crippen LogP contribution in [-0.2, 0) is 6.42 Å². The Morgan fingerprint density at radius 2 is 2.12 bits per heavy atom. The summed E-state index contributed by atoms with van der Waals surface area (Å²) in [5.41, 5.74) is 0.973. The maximum absolute atomic E-state index is 11.7. The van der Waals surface area contributed by atoms with Crippen molar-refractivity contribution in [2.24, 2.45) is 0 Å². The number of thiophene rings is 1. The molecule has 2 aromatic heterocycles. The molecule has 0 amide bonds. The van der Waals surface area contributed by atoms with E-state index in [9.17, 15) is 4.79 Å². The first kappa shape index (κ1) is 10.4. The molecule has 2 aromatic rings. The molecule has 0 unspecified atom stereocenters. The molecule has 0 radical (unpaired) electrons. The van der Waals surface area contributed by atoms with Crippen LogP contribution in [0.15, 0.2) is 12.1 Å². The highest BCUT2D eigenvalue weighted by Gasteiger charge is 2.22. The van der Waals surface area contributed by atoms with Gasteiger partial charge in [-0.25, -0.2) is 4.98 Å². The molecule has 0 saturated carbocycles. The van der Waals surface area contributed by atoms with E-state index in [1.165, 1.54) is 22.7 Å². The third kappa shape index (κ3) is 1.71. The van der Waals surface area contributed by atoms with E-state index < -0.39 is 0 Å². The molecule has 2 heterocycles. The summed E-state index contributed by atoms with van der Waals surface area (Å²) in [4.78, 5) is 18.1. The molecule has 2 nitrogen and oxygen atoms in total. The molecule has 0 fully saturated rings. The number of fused-ring (bicyclic) bond motifs is 1. The van der Waals surface area contributed by atoms with E-state index in [0.29, 0.717) is 6.42 Å². The highest BCUT2D eigenvalue weighted by molar-refractivity contribution is 7.24. The third-order valence-electron chi connectivity index (χ3n) is 2.55. The molecule has 82 valence electrons. The Morgan fingerprint density at radius 3 is 2.81 bits per heavy atom. The fraction of sp³-hybridized carbons (Fsp3) is 0.273. The van der Waals surface area contributed by atoms with Gasteiger partial charge in [-0.1, -0.05) is 11.6 Å². The van der Waals surface area contributed by atoms with Crippen LogP contribution in [0.4, 0.5) is 0 Å². The minimum absolute atomic E-state index is 0.243. The van der Waals surface area contributed by atoms with Crippen LogP contribution in [0.5, 0.6) is 0 Å². The van der Waals surface area contributed by atoms with Gasteiger partial charge < -0.3 is 0 Å². The van der Waals surface area contributed by atoms with Gasteiger partial charge in [0.25, 0.3) is 0 Å². The number of carbonyl (C=O) groups excluding carboxylic acids is 1. The summed E-state index contributed by atoms with van der Waals surface area (Å²) in [5.74, 6) is 0.243. The first-order valence-electron chi connectivity index (χ1n) is 5.02. The number of hydrogen-bond donors (Lipinski definition) is 0. The van der Waals surface area contributed by atoms with Crippen LogP contribution in [0.2, 0.25) is 4.34 Å². The van der Waals surface area contributed by atoms with Gasteiger partial charge in [0.1, 0.15) is 5.01 Å². The summed E-state index contributed by atoms with van der Waals surface area (Å²) in [5, 5.41) is 0.928. The lowest BCUT2D eigenvalue weighted by atomic mass is 10.0. The van der Waals surface area contributed by atoms with Crippen LogP contribution in [-0.4, -0.2) is 10.8 Å². The molecule has 5 heteroatoms. The summed E-state index contributed by atoms with van der Waals surface area (Å²) in [7, 11) is 0. The maximum Gasteiger partial charge on any atom is 0.174 e. The van der Waals surface area contributed by atoms with Gasteiger partial charge in [-0.05, 0) is 25.0 Å². The summed E-state index contributed by atoms with van der Waals surface area (Å²) >= 11 is 8.90. The van der Waals surface area contributed by atoms with E-state index in [2.05, 4.69) is 4.98 Å². The van der Waals surface area contributed by atoms with E-state index in [1.54, 1.807) is 0 Å². The summed E-state index contributed by atoms with van der Waals surface area (Å²) in [6.07, 6.45) is 2.52. The minimum atomic E-state index is 0.243. The van der Waals surface area contributed by atoms with Gasteiger partial charge in [0.15, 0.2) is 5.78 Å². The molecule has 1 aliphatic rings. The second-order valence-electron chi connectivity index (χ2n) is 3.68. The molecule has 0 aliphatic heterocycles. The average Bonchev–Trinajstić information content (AvgIpc) is 2.84. The topological polar surface area (TPSA) is 30.0 Å². The minimum Gasteiger partial charge on any atom is -0.293 e. The second kappa shape index (κ2) is 3.95. The lowest BCUT2D eigenvalue weighted by molar-refractivity contribution is 0.0976. The fourth-order valence-electron chi connectivity index (χ4n) is 1.80. The molecule has 16 heavy (non-hydrogen) atoms. The number of Topliss-reactive ketones (excluding diaryl/α,β-unsaturated/α-hetero) is 1. The van der Waals surface area contributed by atoms with Crippen molar-refractivity contribution in [3.63, 3.8) is 0 Å². The average molecular weight is 270 g/mol. The highest BCUT2D eigenvalue weighted by Crippen LogP contribution is 2.37. The number of carbonyl (C=O) groups is 1. The molecular weight excluding hydrogens is 262 g/mol. The number of halogens is 1. The monoisotopic (exact) mass is 269 g/mol. The molecule has 0 spiro atoms. The van der Waals surface area contributed by atoms with Crippen LogP contribution in [0.25, 0.3) is 9.88 Å². The number of aryl methyl sites for hydroxylation is 1. The van der Waals surface area contributed by atoms with Gasteiger partial charge in [0.2, 0.25) is 0 Å². The Bertz CT molecular complexity index is 558. The Morgan fingerprint density at radius 1 is 1.25 bits per heavy atom. The van der Waals surface area contributed by atoms with Gasteiger partial charge in [-0.2, -0.15) is 0 Å². The van der Waals surface area contributed by atoms with E-state index >= 15 is 0 Å². The summed E-state index contributed by atoms with van der Waals surface area (Å²) < 4.78 is 0.759. The molecule has 0 saturated heterocycles. The number of nitrogens with zero attached hydrogens (tertiary/aromatic N) is 1. The van der Waals surface area contributed by atoms with Crippen molar-refractivity contribution in [1.29, 1.82) is 0 Å². The quantitative estimate of drug-likeness (QED) is 0.782. The van der Waals surface area contributed by atoms with Crippen molar-refractivity contribution in [3.05, 3.63) is 27.0 Å². The van der Waals surface area contributed by atoms with Crippen LogP contribution in [0.3, 0.4) is 0 Å². The van der Waals surface area contributed by atoms with Crippen molar-refractivity contribution >= 4 is 40.1 Å². The lowest BCUT2D eigenvalue weighted by Crippen LogP contribution is -2.07. The number of rotatable bonds is 1. The van der Waals surface area contributed by atoms with Gasteiger partial charge >= 0.3 is 0 Å². The molecule has 0 bridgehead atoms. The highest BCUT2D eigenvalue weighted by atomic mass is 35.5. The van der Waals surface area contributed by atoms with Crippen LogP contribution in [0, 0.1) is 0 Å². The largest absolute Gasteiger partial charge is 0.293 e. The zero-order valence-corrected chi connectivity index (χ0v) is 10.7. The second-order valence-corrected chi connectivity index (χ2v) is 6.39. The van der Waals surface area contributed by atoms with E-state index in [-0.39, 0.29) is 5.78 Å². The van der Waals surface area contributed by atoms with Gasteiger partial charge in [0, 0.05) is 6.42 Å². The molecule has 0 atom stereocenters. The molecule has 3 rings (SSSR count). The first-order chi connectivity index (χ1) is 7.74. The number of hydrogen-bond acceptors (Lipinski definition) is 4. The van der Waals surface area contributed by atoms with Gasteiger partial charge in [0.05, 0.1) is 19.8 Å². The Balaban J connectivity index is 2.07. The Kier molecular flexibility index (Phi) is 2.58. The lowest BCUT2D eigenvalue weighted by Gasteiger charge is -2.06. The van der Waals surface area contributed by atoms with E-state index in [0.717, 1.165) is 37.6 Å². The summed E-state index contributed by atoms with van der Waals surface area (Å²) in [6, 6.07) is 3.82. The van der Waals surface area contributed by atoms with Crippen molar-refractivity contribution in [3.8, 4) is 9.88 Å². The van der Waals surface area contributed by atoms with Crippen molar-refractivity contribution < 1.29 is 4.79 Å². The van der Waals surface area contributed by atoms with Crippen LogP contribution < -0.4 is 0 Å². The summed E-state index contributed by atoms with van der Waals surface area (Å²) in [6.45, 7) is 0. The molecule has 0 N–H and O–H groups in total. The number of ketones is 1. The smallest absolute Gasteiger partial charge is 0.174 e. The SMILES string of the molecule is O=C1CCCc2nc(-c3ccc(Cl)s3)sc21.